The fourth-order valence-corrected chi connectivity index (χ4v) is 1.89. The number of carbonyl (C=O) groups is 1. The van der Waals surface area contributed by atoms with Crippen molar-refractivity contribution in [2.45, 2.75) is 13.8 Å². The highest BCUT2D eigenvalue weighted by Crippen LogP contribution is 2.22. The fraction of sp³-hybridized carbons (Fsp3) is 0.133. The molecule has 2 aromatic rings. The van der Waals surface area contributed by atoms with Crippen LogP contribution in [0.4, 0.5) is 13.2 Å². The van der Waals surface area contributed by atoms with E-state index >= 15 is 0 Å². The number of carbonyl (C=O) groups excluding carboxylic acids is 1. The van der Waals surface area contributed by atoms with Gasteiger partial charge in [-0.1, -0.05) is 18.2 Å². The summed E-state index contributed by atoms with van der Waals surface area (Å²) in [6.45, 7) is 3.49. The van der Waals surface area contributed by atoms with Gasteiger partial charge in [-0.25, -0.2) is 13.2 Å². The van der Waals surface area contributed by atoms with E-state index < -0.39 is 28.8 Å². The van der Waals surface area contributed by atoms with Gasteiger partial charge in [-0.05, 0) is 25.0 Å². The van der Waals surface area contributed by atoms with E-state index in [9.17, 15) is 18.0 Å². The molecule has 0 saturated carbocycles. The summed E-state index contributed by atoms with van der Waals surface area (Å²) in [4.78, 5) is 12.2. The largest absolute Gasteiger partial charge is 0.288 e. The van der Waals surface area contributed by atoms with Gasteiger partial charge in [0.25, 0.3) is 0 Å². The summed E-state index contributed by atoms with van der Waals surface area (Å²) >= 11 is 0. The molecule has 0 spiro atoms. The van der Waals surface area contributed by atoms with Crippen LogP contribution in [0.5, 0.6) is 0 Å². The normalized spacial score (nSPS) is 10.6. The second-order valence-corrected chi connectivity index (χ2v) is 4.32. The van der Waals surface area contributed by atoms with Crippen LogP contribution < -0.4 is 0 Å². The average molecular weight is 264 g/mol. The molecule has 0 heterocycles. The zero-order valence-electron chi connectivity index (χ0n) is 10.4. The lowest BCUT2D eigenvalue weighted by molar-refractivity contribution is 0.103. The first kappa shape index (κ1) is 13.3. The van der Waals surface area contributed by atoms with Crippen molar-refractivity contribution in [3.05, 3.63) is 70.0 Å². The first-order valence-corrected chi connectivity index (χ1v) is 5.67. The molecule has 0 unspecified atom stereocenters. The van der Waals surface area contributed by atoms with Gasteiger partial charge in [0, 0.05) is 17.7 Å². The Kier molecular flexibility index (Phi) is 3.42. The number of hydrogen-bond acceptors (Lipinski definition) is 1. The van der Waals surface area contributed by atoms with Crippen molar-refractivity contribution in [3.63, 3.8) is 0 Å². The van der Waals surface area contributed by atoms with Crippen LogP contribution in [0.25, 0.3) is 0 Å². The fourth-order valence-electron chi connectivity index (χ4n) is 1.89. The van der Waals surface area contributed by atoms with Gasteiger partial charge in [0.15, 0.2) is 5.78 Å². The van der Waals surface area contributed by atoms with Gasteiger partial charge in [0.2, 0.25) is 0 Å². The maximum atomic E-state index is 13.6. The summed E-state index contributed by atoms with van der Waals surface area (Å²) < 4.78 is 40.0. The van der Waals surface area contributed by atoms with E-state index in [-0.39, 0.29) is 5.56 Å². The Labute approximate surface area is 108 Å². The lowest BCUT2D eigenvalue weighted by Crippen LogP contribution is -2.10. The number of benzene rings is 2. The number of halogens is 3. The first-order chi connectivity index (χ1) is 8.91. The summed E-state index contributed by atoms with van der Waals surface area (Å²) in [6.07, 6.45) is 0. The molecule has 0 bridgehead atoms. The first-order valence-electron chi connectivity index (χ1n) is 5.67. The summed E-state index contributed by atoms with van der Waals surface area (Å²) in [6, 6.07) is 5.92. The minimum atomic E-state index is -1.19. The van der Waals surface area contributed by atoms with E-state index in [0.29, 0.717) is 17.7 Å². The molecule has 2 aromatic carbocycles. The molecule has 0 fully saturated rings. The molecule has 0 aromatic heterocycles. The van der Waals surface area contributed by atoms with Crippen LogP contribution in [0, 0.1) is 31.3 Å². The maximum absolute atomic E-state index is 13.6. The van der Waals surface area contributed by atoms with Crippen LogP contribution in [0.2, 0.25) is 0 Å². The molecule has 0 aliphatic carbocycles. The number of hydrogen-bond donors (Lipinski definition) is 0. The quantitative estimate of drug-likeness (QED) is 0.750. The van der Waals surface area contributed by atoms with E-state index in [1.807, 2.05) is 0 Å². The highest BCUT2D eigenvalue weighted by Gasteiger charge is 2.21. The van der Waals surface area contributed by atoms with Crippen molar-refractivity contribution in [2.24, 2.45) is 0 Å². The Bertz CT molecular complexity index is 639. The minimum absolute atomic E-state index is 0.212. The van der Waals surface area contributed by atoms with E-state index in [2.05, 4.69) is 0 Å². The molecule has 0 aliphatic heterocycles. The van der Waals surface area contributed by atoms with Crippen LogP contribution in [-0.4, -0.2) is 5.78 Å². The molecule has 2 rings (SSSR count). The molecule has 4 heteroatoms. The van der Waals surface area contributed by atoms with E-state index in [1.165, 1.54) is 6.07 Å². The molecule has 0 amide bonds. The van der Waals surface area contributed by atoms with Crippen LogP contribution >= 0.6 is 0 Å². The smallest absolute Gasteiger partial charge is 0.199 e. The Morgan fingerprint density at radius 1 is 1.00 bits per heavy atom. The summed E-state index contributed by atoms with van der Waals surface area (Å²) in [5, 5.41) is 0. The lowest BCUT2D eigenvalue weighted by Gasteiger charge is -2.09. The number of ketones is 1. The maximum Gasteiger partial charge on any atom is 0.199 e. The van der Waals surface area contributed by atoms with E-state index in [4.69, 9.17) is 0 Å². The topological polar surface area (TPSA) is 17.1 Å². The predicted octanol–water partition coefficient (Wildman–Crippen LogP) is 3.95. The third kappa shape index (κ3) is 2.38. The second-order valence-electron chi connectivity index (χ2n) is 4.32. The standard InChI is InChI=1S/C15H11F3O/c1-8-4-3-5-11(9(8)2)15(19)14-12(17)6-10(16)7-13(14)18/h3-7H,1-2H3. The molecular formula is C15H11F3O. The SMILES string of the molecule is Cc1cccc(C(=O)c2c(F)cc(F)cc2F)c1C. The van der Waals surface area contributed by atoms with Crippen LogP contribution in [-0.2, 0) is 0 Å². The average Bonchev–Trinajstić information content (AvgIpc) is 2.31. The molecule has 0 atom stereocenters. The zero-order valence-corrected chi connectivity index (χ0v) is 10.4. The second kappa shape index (κ2) is 4.88. The Balaban J connectivity index is 2.60. The van der Waals surface area contributed by atoms with Gasteiger partial charge in [-0.3, -0.25) is 4.79 Å². The Morgan fingerprint density at radius 2 is 1.58 bits per heavy atom. The van der Waals surface area contributed by atoms with Crippen molar-refractivity contribution in [1.82, 2.24) is 0 Å². The highest BCUT2D eigenvalue weighted by atomic mass is 19.1. The van der Waals surface area contributed by atoms with Crippen LogP contribution in [0.3, 0.4) is 0 Å². The Hall–Kier alpha value is -2.10. The molecule has 0 N–H and O–H groups in total. The molecule has 98 valence electrons. The molecule has 0 aliphatic rings. The van der Waals surface area contributed by atoms with E-state index in [1.54, 1.807) is 26.0 Å². The van der Waals surface area contributed by atoms with Gasteiger partial charge in [-0.15, -0.1) is 0 Å². The highest BCUT2D eigenvalue weighted by molar-refractivity contribution is 6.10. The summed E-state index contributed by atoms with van der Waals surface area (Å²) in [7, 11) is 0. The summed E-state index contributed by atoms with van der Waals surface area (Å²) in [5.41, 5.74) is 0.976. The number of rotatable bonds is 2. The molecular weight excluding hydrogens is 253 g/mol. The van der Waals surface area contributed by atoms with Gasteiger partial charge < -0.3 is 0 Å². The third-order valence-corrected chi connectivity index (χ3v) is 3.08. The van der Waals surface area contributed by atoms with E-state index in [0.717, 1.165) is 5.56 Å². The van der Waals surface area contributed by atoms with Crippen molar-refractivity contribution >= 4 is 5.78 Å². The van der Waals surface area contributed by atoms with Crippen LogP contribution in [0.15, 0.2) is 30.3 Å². The van der Waals surface area contributed by atoms with Crippen molar-refractivity contribution in [2.75, 3.05) is 0 Å². The molecule has 0 radical (unpaired) electrons. The van der Waals surface area contributed by atoms with Gasteiger partial charge in [0.1, 0.15) is 17.5 Å². The van der Waals surface area contributed by atoms with Gasteiger partial charge in [-0.2, -0.15) is 0 Å². The van der Waals surface area contributed by atoms with Gasteiger partial charge >= 0.3 is 0 Å². The van der Waals surface area contributed by atoms with Crippen molar-refractivity contribution in [1.29, 1.82) is 0 Å². The molecule has 19 heavy (non-hydrogen) atoms. The Morgan fingerprint density at radius 3 is 2.16 bits per heavy atom. The van der Waals surface area contributed by atoms with Crippen molar-refractivity contribution < 1.29 is 18.0 Å². The van der Waals surface area contributed by atoms with Crippen molar-refractivity contribution in [3.8, 4) is 0 Å². The van der Waals surface area contributed by atoms with Crippen LogP contribution in [0.1, 0.15) is 27.0 Å². The third-order valence-electron chi connectivity index (χ3n) is 3.08. The predicted molar refractivity (Wildman–Crippen MR) is 65.7 cm³/mol. The minimum Gasteiger partial charge on any atom is -0.288 e. The lowest BCUT2D eigenvalue weighted by atomic mass is 9.95. The summed E-state index contributed by atoms with van der Waals surface area (Å²) in [5.74, 6) is -4.21. The molecule has 1 nitrogen and oxygen atoms in total. The van der Waals surface area contributed by atoms with Gasteiger partial charge in [0.05, 0.1) is 5.56 Å². The molecule has 0 saturated heterocycles. The number of aryl methyl sites for hydroxylation is 1. The monoisotopic (exact) mass is 264 g/mol. The zero-order chi connectivity index (χ0) is 14.2.